The first-order valence-electron chi connectivity index (χ1n) is 8.76. The number of piperidine rings is 1. The minimum absolute atomic E-state index is 0.695. The van der Waals surface area contributed by atoms with Gasteiger partial charge >= 0.3 is 0 Å². The van der Waals surface area contributed by atoms with Crippen molar-refractivity contribution in [2.75, 3.05) is 33.3 Å². The minimum atomic E-state index is 0.695. The molecule has 3 heteroatoms. The molecule has 0 bridgehead atoms. The van der Waals surface area contributed by atoms with E-state index in [0.29, 0.717) is 5.92 Å². The zero-order valence-electron chi connectivity index (χ0n) is 14.5. The molecule has 0 aromatic heterocycles. The van der Waals surface area contributed by atoms with Gasteiger partial charge in [-0.25, -0.2) is 0 Å². The van der Waals surface area contributed by atoms with E-state index < -0.39 is 0 Å². The average Bonchev–Trinajstić information content (AvgIpc) is 2.48. The fraction of sp³-hybridized carbons (Fsp3) is 0.684. The third-order valence-electron chi connectivity index (χ3n) is 4.36. The van der Waals surface area contributed by atoms with Crippen LogP contribution in [0.5, 0.6) is 5.75 Å². The van der Waals surface area contributed by atoms with Crippen molar-refractivity contribution in [3.63, 3.8) is 0 Å². The highest BCUT2D eigenvalue weighted by molar-refractivity contribution is 5.28. The van der Waals surface area contributed by atoms with Gasteiger partial charge in [-0.05, 0) is 68.9 Å². The summed E-state index contributed by atoms with van der Waals surface area (Å²) in [5.41, 5.74) is 1.37. The molecular formula is C19H32N2O. The molecule has 2 rings (SSSR count). The summed E-state index contributed by atoms with van der Waals surface area (Å²) in [4.78, 5) is 2.58. The summed E-state index contributed by atoms with van der Waals surface area (Å²) in [7, 11) is 2.05. The van der Waals surface area contributed by atoms with E-state index in [9.17, 15) is 0 Å². The Hall–Kier alpha value is -1.06. The van der Waals surface area contributed by atoms with Crippen LogP contribution in [0, 0.1) is 11.8 Å². The number of hydrogen-bond donors (Lipinski definition) is 1. The van der Waals surface area contributed by atoms with Gasteiger partial charge in [0.2, 0.25) is 0 Å². The van der Waals surface area contributed by atoms with Crippen LogP contribution in [0.3, 0.4) is 0 Å². The third-order valence-corrected chi connectivity index (χ3v) is 4.36. The van der Waals surface area contributed by atoms with Crippen molar-refractivity contribution in [1.82, 2.24) is 10.2 Å². The number of hydrogen-bond acceptors (Lipinski definition) is 3. The van der Waals surface area contributed by atoms with Crippen LogP contribution in [0.4, 0.5) is 0 Å². The van der Waals surface area contributed by atoms with Crippen LogP contribution in [-0.4, -0.2) is 38.2 Å². The van der Waals surface area contributed by atoms with Gasteiger partial charge in [0.15, 0.2) is 0 Å². The van der Waals surface area contributed by atoms with Gasteiger partial charge in [-0.3, -0.25) is 4.90 Å². The lowest BCUT2D eigenvalue weighted by molar-refractivity contribution is 0.166. The molecule has 1 aliphatic rings. The molecule has 1 aliphatic heterocycles. The molecule has 1 N–H and O–H groups in total. The standard InChI is InChI=1S/C19H32N2O/c1-16(2)9-11-22-19-8-4-6-17(12-19)14-21-10-5-7-18(15-21)13-20-3/h4,6,8,12,16,18,20H,5,7,9-11,13-15H2,1-3H3. The van der Waals surface area contributed by atoms with Gasteiger partial charge in [0.25, 0.3) is 0 Å². The van der Waals surface area contributed by atoms with Crippen LogP contribution in [0.2, 0.25) is 0 Å². The molecule has 1 unspecified atom stereocenters. The molecule has 1 saturated heterocycles. The van der Waals surface area contributed by atoms with E-state index in [1.165, 1.54) is 31.5 Å². The quantitative estimate of drug-likeness (QED) is 0.795. The Morgan fingerprint density at radius 1 is 1.36 bits per heavy atom. The first-order chi connectivity index (χ1) is 10.7. The zero-order valence-corrected chi connectivity index (χ0v) is 14.5. The van der Waals surface area contributed by atoms with Gasteiger partial charge in [0.05, 0.1) is 6.61 Å². The second kappa shape index (κ2) is 9.16. The van der Waals surface area contributed by atoms with Gasteiger partial charge in [0, 0.05) is 13.1 Å². The van der Waals surface area contributed by atoms with E-state index in [0.717, 1.165) is 37.8 Å². The average molecular weight is 304 g/mol. The number of likely N-dealkylation sites (tertiary alicyclic amines) is 1. The lowest BCUT2D eigenvalue weighted by Gasteiger charge is -2.32. The molecule has 1 aromatic rings. The summed E-state index contributed by atoms with van der Waals surface area (Å²) < 4.78 is 5.88. The molecule has 0 saturated carbocycles. The van der Waals surface area contributed by atoms with Gasteiger partial charge < -0.3 is 10.1 Å². The van der Waals surface area contributed by atoms with Crippen molar-refractivity contribution >= 4 is 0 Å². The molecule has 0 aliphatic carbocycles. The Morgan fingerprint density at radius 3 is 3.00 bits per heavy atom. The zero-order chi connectivity index (χ0) is 15.8. The van der Waals surface area contributed by atoms with Crippen molar-refractivity contribution in [1.29, 1.82) is 0 Å². The number of nitrogens with zero attached hydrogens (tertiary/aromatic N) is 1. The number of rotatable bonds is 8. The van der Waals surface area contributed by atoms with E-state index in [-0.39, 0.29) is 0 Å². The van der Waals surface area contributed by atoms with Gasteiger partial charge in [0.1, 0.15) is 5.75 Å². The van der Waals surface area contributed by atoms with E-state index in [4.69, 9.17) is 4.74 Å². The lowest BCUT2D eigenvalue weighted by Crippen LogP contribution is -2.38. The number of nitrogens with one attached hydrogen (secondary N) is 1. The van der Waals surface area contributed by atoms with Crippen LogP contribution < -0.4 is 10.1 Å². The summed E-state index contributed by atoms with van der Waals surface area (Å²) in [6.07, 6.45) is 3.79. The second-order valence-corrected chi connectivity index (χ2v) is 6.98. The number of ether oxygens (including phenoxy) is 1. The summed E-state index contributed by atoms with van der Waals surface area (Å²) in [6.45, 7) is 9.89. The summed E-state index contributed by atoms with van der Waals surface area (Å²) >= 11 is 0. The van der Waals surface area contributed by atoms with Gasteiger partial charge in [-0.1, -0.05) is 26.0 Å². The molecule has 22 heavy (non-hydrogen) atoms. The molecular weight excluding hydrogens is 272 g/mol. The van der Waals surface area contributed by atoms with Crippen molar-refractivity contribution in [3.05, 3.63) is 29.8 Å². The maximum Gasteiger partial charge on any atom is 0.119 e. The molecule has 124 valence electrons. The Labute approximate surface area is 136 Å². The smallest absolute Gasteiger partial charge is 0.119 e. The molecule has 1 aromatic carbocycles. The van der Waals surface area contributed by atoms with Crippen LogP contribution in [0.15, 0.2) is 24.3 Å². The van der Waals surface area contributed by atoms with Gasteiger partial charge in [-0.2, -0.15) is 0 Å². The molecule has 0 spiro atoms. The summed E-state index contributed by atoms with van der Waals surface area (Å²) in [6, 6.07) is 8.62. The fourth-order valence-corrected chi connectivity index (χ4v) is 3.15. The van der Waals surface area contributed by atoms with Crippen molar-refractivity contribution < 1.29 is 4.74 Å². The Bertz CT molecular complexity index is 431. The molecule has 1 heterocycles. The second-order valence-electron chi connectivity index (χ2n) is 6.98. The van der Waals surface area contributed by atoms with E-state index >= 15 is 0 Å². The van der Waals surface area contributed by atoms with Crippen molar-refractivity contribution in [3.8, 4) is 5.75 Å². The highest BCUT2D eigenvalue weighted by Crippen LogP contribution is 2.20. The fourth-order valence-electron chi connectivity index (χ4n) is 3.15. The van der Waals surface area contributed by atoms with Crippen LogP contribution in [0.25, 0.3) is 0 Å². The Morgan fingerprint density at radius 2 is 2.23 bits per heavy atom. The van der Waals surface area contributed by atoms with E-state index in [1.807, 2.05) is 0 Å². The monoisotopic (exact) mass is 304 g/mol. The first kappa shape index (κ1) is 17.3. The lowest BCUT2D eigenvalue weighted by atomic mass is 9.97. The van der Waals surface area contributed by atoms with Crippen LogP contribution >= 0.6 is 0 Å². The molecule has 3 nitrogen and oxygen atoms in total. The van der Waals surface area contributed by atoms with Crippen LogP contribution in [-0.2, 0) is 6.54 Å². The van der Waals surface area contributed by atoms with Crippen molar-refractivity contribution in [2.24, 2.45) is 11.8 Å². The van der Waals surface area contributed by atoms with Gasteiger partial charge in [-0.15, -0.1) is 0 Å². The molecule has 1 fully saturated rings. The van der Waals surface area contributed by atoms with E-state index in [2.05, 4.69) is 55.4 Å². The first-order valence-corrected chi connectivity index (χ1v) is 8.76. The maximum absolute atomic E-state index is 5.88. The summed E-state index contributed by atoms with van der Waals surface area (Å²) in [5.74, 6) is 2.51. The minimum Gasteiger partial charge on any atom is -0.494 e. The predicted octanol–water partition coefficient (Wildman–Crippen LogP) is 3.54. The largest absolute Gasteiger partial charge is 0.494 e. The van der Waals surface area contributed by atoms with E-state index in [1.54, 1.807) is 0 Å². The topological polar surface area (TPSA) is 24.5 Å². The molecule has 0 radical (unpaired) electrons. The van der Waals surface area contributed by atoms with Crippen LogP contribution in [0.1, 0.15) is 38.7 Å². The normalized spacial score (nSPS) is 19.5. The Balaban J connectivity index is 1.84. The third kappa shape index (κ3) is 5.98. The Kier molecular flexibility index (Phi) is 7.20. The SMILES string of the molecule is CNCC1CCCN(Cc2cccc(OCCC(C)C)c2)C1. The predicted molar refractivity (Wildman–Crippen MR) is 93.3 cm³/mol. The summed E-state index contributed by atoms with van der Waals surface area (Å²) in [5, 5.41) is 3.32. The maximum atomic E-state index is 5.88. The highest BCUT2D eigenvalue weighted by Gasteiger charge is 2.19. The molecule has 1 atom stereocenters. The highest BCUT2D eigenvalue weighted by atomic mass is 16.5. The molecule has 0 amide bonds. The van der Waals surface area contributed by atoms with Crippen molar-refractivity contribution in [2.45, 2.75) is 39.7 Å². The number of benzene rings is 1.